The van der Waals surface area contributed by atoms with Crippen LogP contribution < -0.4 is 15.8 Å². The number of nitrogens with zero attached hydrogens (tertiary/aromatic N) is 2. The number of hydrogen-bond acceptors (Lipinski definition) is 4. The minimum absolute atomic E-state index is 0.0825. The second-order valence-corrected chi connectivity index (χ2v) is 4.50. The van der Waals surface area contributed by atoms with Crippen LogP contribution in [0.3, 0.4) is 0 Å². The first kappa shape index (κ1) is 11.1. The summed E-state index contributed by atoms with van der Waals surface area (Å²) in [6.07, 6.45) is 0. The maximum Gasteiger partial charge on any atom is 0.252 e. The lowest BCUT2D eigenvalue weighted by molar-refractivity contribution is 0.422. The quantitative estimate of drug-likeness (QED) is 0.716. The van der Waals surface area contributed by atoms with Gasteiger partial charge in [-0.1, -0.05) is 0 Å². The van der Waals surface area contributed by atoms with Gasteiger partial charge in [0.15, 0.2) is 0 Å². The van der Waals surface area contributed by atoms with Crippen LogP contribution in [0.5, 0.6) is 0 Å². The van der Waals surface area contributed by atoms with Crippen LogP contribution in [-0.2, 0) is 0 Å². The van der Waals surface area contributed by atoms with E-state index in [1.165, 1.54) is 0 Å². The van der Waals surface area contributed by atoms with Crippen LogP contribution in [-0.4, -0.2) is 35.1 Å². The van der Waals surface area contributed by atoms with Crippen LogP contribution in [0.15, 0.2) is 10.9 Å². The molecule has 88 valence electrons. The van der Waals surface area contributed by atoms with Crippen molar-refractivity contribution in [3.63, 3.8) is 0 Å². The molecule has 1 aromatic heterocycles. The minimum atomic E-state index is -0.0825. The molecule has 2 rings (SSSR count). The lowest BCUT2D eigenvalue weighted by atomic mass is 10.1. The summed E-state index contributed by atoms with van der Waals surface area (Å²) in [5.74, 6) is 1.45. The standard InChI is InChI=1S/C11H18N4O/c1-7-6-15(8(2)5-12-7)10-4-11(16)14-9(3)13-10/h4,7-8,12H,5-6H2,1-3H3,(H,13,14,16). The number of aryl methyl sites for hydroxylation is 1. The Labute approximate surface area is 94.9 Å². The molecule has 1 saturated heterocycles. The summed E-state index contributed by atoms with van der Waals surface area (Å²) >= 11 is 0. The molecule has 0 bridgehead atoms. The van der Waals surface area contributed by atoms with E-state index < -0.39 is 0 Å². The van der Waals surface area contributed by atoms with Crippen molar-refractivity contribution in [2.75, 3.05) is 18.0 Å². The van der Waals surface area contributed by atoms with Gasteiger partial charge in [0.1, 0.15) is 11.6 Å². The third-order valence-electron chi connectivity index (χ3n) is 2.91. The zero-order valence-corrected chi connectivity index (χ0v) is 9.95. The van der Waals surface area contributed by atoms with Gasteiger partial charge < -0.3 is 15.2 Å². The van der Waals surface area contributed by atoms with Gasteiger partial charge in [-0.2, -0.15) is 0 Å². The summed E-state index contributed by atoms with van der Waals surface area (Å²) in [7, 11) is 0. The number of nitrogens with one attached hydrogen (secondary N) is 2. The van der Waals surface area contributed by atoms with Gasteiger partial charge in [0.05, 0.1) is 0 Å². The number of H-pyrrole nitrogens is 1. The van der Waals surface area contributed by atoms with Crippen molar-refractivity contribution in [2.24, 2.45) is 0 Å². The minimum Gasteiger partial charge on any atom is -0.351 e. The average molecular weight is 222 g/mol. The largest absolute Gasteiger partial charge is 0.351 e. The highest BCUT2D eigenvalue weighted by Crippen LogP contribution is 2.15. The van der Waals surface area contributed by atoms with Gasteiger partial charge in [-0.15, -0.1) is 0 Å². The third kappa shape index (κ3) is 2.24. The first-order chi connectivity index (χ1) is 7.56. The van der Waals surface area contributed by atoms with E-state index in [4.69, 9.17) is 0 Å². The van der Waals surface area contributed by atoms with Gasteiger partial charge in [0.2, 0.25) is 0 Å². The lowest BCUT2D eigenvalue weighted by Crippen LogP contribution is -2.55. The van der Waals surface area contributed by atoms with Crippen LogP contribution in [0.4, 0.5) is 5.82 Å². The number of piperazine rings is 1. The topological polar surface area (TPSA) is 61.0 Å². The van der Waals surface area contributed by atoms with Crippen LogP contribution >= 0.6 is 0 Å². The molecule has 0 aromatic carbocycles. The van der Waals surface area contributed by atoms with E-state index in [9.17, 15) is 4.79 Å². The molecule has 0 aliphatic carbocycles. The van der Waals surface area contributed by atoms with E-state index >= 15 is 0 Å². The van der Waals surface area contributed by atoms with Crippen molar-refractivity contribution in [1.82, 2.24) is 15.3 Å². The Hall–Kier alpha value is -1.36. The molecule has 2 heterocycles. The molecular formula is C11H18N4O. The second kappa shape index (κ2) is 4.25. The first-order valence-corrected chi connectivity index (χ1v) is 5.64. The predicted octanol–water partition coefficient (Wildman–Crippen LogP) is 0.265. The van der Waals surface area contributed by atoms with E-state index in [1.807, 2.05) is 0 Å². The van der Waals surface area contributed by atoms with Crippen LogP contribution in [0.2, 0.25) is 0 Å². The number of aromatic nitrogens is 2. The van der Waals surface area contributed by atoms with Gasteiger partial charge in [-0.25, -0.2) is 4.98 Å². The molecule has 5 nitrogen and oxygen atoms in total. The fourth-order valence-electron chi connectivity index (χ4n) is 2.05. The maximum absolute atomic E-state index is 11.4. The molecular weight excluding hydrogens is 204 g/mol. The smallest absolute Gasteiger partial charge is 0.252 e. The van der Waals surface area contributed by atoms with Crippen LogP contribution in [0, 0.1) is 6.92 Å². The highest BCUT2D eigenvalue weighted by atomic mass is 16.1. The monoisotopic (exact) mass is 222 g/mol. The highest BCUT2D eigenvalue weighted by molar-refractivity contribution is 5.39. The normalized spacial score (nSPS) is 25.8. The van der Waals surface area contributed by atoms with Crippen molar-refractivity contribution in [2.45, 2.75) is 32.9 Å². The van der Waals surface area contributed by atoms with E-state index in [0.717, 1.165) is 18.9 Å². The summed E-state index contributed by atoms with van der Waals surface area (Å²) in [6.45, 7) is 7.89. The predicted molar refractivity (Wildman–Crippen MR) is 63.9 cm³/mol. The van der Waals surface area contributed by atoms with Crippen molar-refractivity contribution < 1.29 is 0 Å². The molecule has 5 heteroatoms. The summed E-state index contributed by atoms with van der Waals surface area (Å²) in [4.78, 5) is 20.6. The third-order valence-corrected chi connectivity index (χ3v) is 2.91. The van der Waals surface area contributed by atoms with E-state index in [-0.39, 0.29) is 5.56 Å². The Morgan fingerprint density at radius 1 is 1.50 bits per heavy atom. The number of aromatic amines is 1. The van der Waals surface area contributed by atoms with Crippen molar-refractivity contribution in [1.29, 1.82) is 0 Å². The van der Waals surface area contributed by atoms with E-state index in [1.54, 1.807) is 13.0 Å². The second-order valence-electron chi connectivity index (χ2n) is 4.50. The van der Waals surface area contributed by atoms with E-state index in [0.29, 0.717) is 17.9 Å². The van der Waals surface area contributed by atoms with Crippen molar-refractivity contribution in [3.8, 4) is 0 Å². The molecule has 2 N–H and O–H groups in total. The highest BCUT2D eigenvalue weighted by Gasteiger charge is 2.23. The Morgan fingerprint density at radius 2 is 2.25 bits per heavy atom. The van der Waals surface area contributed by atoms with Crippen LogP contribution in [0.1, 0.15) is 19.7 Å². The van der Waals surface area contributed by atoms with Crippen molar-refractivity contribution in [3.05, 3.63) is 22.2 Å². The molecule has 1 aromatic rings. The fourth-order valence-corrected chi connectivity index (χ4v) is 2.05. The zero-order chi connectivity index (χ0) is 11.7. The summed E-state index contributed by atoms with van der Waals surface area (Å²) in [5, 5.41) is 3.41. The fraction of sp³-hybridized carbons (Fsp3) is 0.636. The summed E-state index contributed by atoms with van der Waals surface area (Å²) in [5.41, 5.74) is -0.0825. The number of anilines is 1. The van der Waals surface area contributed by atoms with Gasteiger partial charge in [-0.3, -0.25) is 4.79 Å². The molecule has 16 heavy (non-hydrogen) atoms. The number of hydrogen-bond donors (Lipinski definition) is 2. The van der Waals surface area contributed by atoms with Gasteiger partial charge >= 0.3 is 0 Å². The molecule has 2 unspecified atom stereocenters. The summed E-state index contributed by atoms with van der Waals surface area (Å²) in [6, 6.07) is 2.36. The van der Waals surface area contributed by atoms with Gasteiger partial charge in [0, 0.05) is 31.2 Å². The molecule has 2 atom stereocenters. The average Bonchev–Trinajstić information content (AvgIpc) is 2.20. The molecule has 1 aliphatic heterocycles. The molecule has 0 spiro atoms. The van der Waals surface area contributed by atoms with E-state index in [2.05, 4.69) is 34.0 Å². The molecule has 1 fully saturated rings. The zero-order valence-electron chi connectivity index (χ0n) is 9.95. The maximum atomic E-state index is 11.4. The molecule has 0 saturated carbocycles. The molecule has 0 radical (unpaired) electrons. The Kier molecular flexibility index (Phi) is 2.96. The number of rotatable bonds is 1. The molecule has 0 amide bonds. The molecule has 1 aliphatic rings. The van der Waals surface area contributed by atoms with Gasteiger partial charge in [0.25, 0.3) is 5.56 Å². The SMILES string of the molecule is Cc1nc(N2CC(C)NCC2C)cc(=O)[nH]1. The van der Waals surface area contributed by atoms with Crippen molar-refractivity contribution >= 4 is 5.82 Å². The Morgan fingerprint density at radius 3 is 2.94 bits per heavy atom. The summed E-state index contributed by atoms with van der Waals surface area (Å²) < 4.78 is 0. The van der Waals surface area contributed by atoms with Gasteiger partial charge in [-0.05, 0) is 20.8 Å². The Bertz CT molecular complexity index is 428. The lowest BCUT2D eigenvalue weighted by Gasteiger charge is -2.38. The van der Waals surface area contributed by atoms with Crippen LogP contribution in [0.25, 0.3) is 0 Å². The Balaban J connectivity index is 2.31. The first-order valence-electron chi connectivity index (χ1n) is 5.64.